The second-order valence-electron chi connectivity index (χ2n) is 6.38. The van der Waals surface area contributed by atoms with Crippen LogP contribution in [0.2, 0.25) is 0 Å². The molecular weight excluding hydrogens is 346 g/mol. The van der Waals surface area contributed by atoms with Crippen LogP contribution in [0, 0.1) is 22.0 Å². The first kappa shape index (κ1) is 19.5. The van der Waals surface area contributed by atoms with Gasteiger partial charge in [0.15, 0.2) is 5.78 Å². The Kier molecular flexibility index (Phi) is 5.41. The van der Waals surface area contributed by atoms with Crippen molar-refractivity contribution in [2.75, 3.05) is 14.2 Å². The van der Waals surface area contributed by atoms with Crippen LogP contribution in [0.15, 0.2) is 24.3 Å². The molecule has 0 heterocycles. The molecule has 1 fully saturated rings. The fraction of sp³-hybridized carbons (Fsp3) is 0.471. The summed E-state index contributed by atoms with van der Waals surface area (Å²) < 4.78 is 9.45. The van der Waals surface area contributed by atoms with Gasteiger partial charge >= 0.3 is 11.9 Å². The third-order valence-corrected chi connectivity index (χ3v) is 4.64. The van der Waals surface area contributed by atoms with Gasteiger partial charge in [0.2, 0.25) is 0 Å². The molecule has 0 radical (unpaired) electrons. The molecule has 9 nitrogen and oxygen atoms in total. The molecule has 2 rings (SSSR count). The van der Waals surface area contributed by atoms with Gasteiger partial charge in [0.1, 0.15) is 5.92 Å². The number of esters is 2. The Morgan fingerprint density at radius 1 is 1.27 bits per heavy atom. The number of aliphatic hydroxyl groups is 1. The van der Waals surface area contributed by atoms with Crippen LogP contribution in [0.5, 0.6) is 0 Å². The van der Waals surface area contributed by atoms with E-state index in [-0.39, 0.29) is 11.3 Å². The Morgan fingerprint density at radius 2 is 1.88 bits per heavy atom. The third-order valence-electron chi connectivity index (χ3n) is 4.64. The minimum absolute atomic E-state index is 0.193. The van der Waals surface area contributed by atoms with Gasteiger partial charge in [-0.3, -0.25) is 24.5 Å². The smallest absolute Gasteiger partial charge is 0.316 e. The van der Waals surface area contributed by atoms with Crippen molar-refractivity contribution < 1.29 is 33.9 Å². The summed E-state index contributed by atoms with van der Waals surface area (Å²) in [4.78, 5) is 47.6. The number of ether oxygens (including phenoxy) is 2. The number of ketones is 1. The van der Waals surface area contributed by atoms with Crippen LogP contribution in [0.3, 0.4) is 0 Å². The number of nitrogens with zero attached hydrogens (tertiary/aromatic N) is 1. The Balaban J connectivity index is 2.69. The van der Waals surface area contributed by atoms with Gasteiger partial charge in [0.25, 0.3) is 5.69 Å². The number of carbonyl (C=O) groups is 3. The number of rotatable bonds is 4. The summed E-state index contributed by atoms with van der Waals surface area (Å²) >= 11 is 0. The van der Waals surface area contributed by atoms with Gasteiger partial charge < -0.3 is 14.6 Å². The highest BCUT2D eigenvalue weighted by Gasteiger charge is 2.57. The molecule has 1 aliphatic rings. The van der Waals surface area contributed by atoms with E-state index in [4.69, 9.17) is 9.47 Å². The minimum Gasteiger partial charge on any atom is -0.469 e. The molecule has 4 atom stereocenters. The van der Waals surface area contributed by atoms with E-state index in [9.17, 15) is 29.6 Å². The second kappa shape index (κ2) is 7.20. The summed E-state index contributed by atoms with van der Waals surface area (Å²) in [6.07, 6.45) is -0.446. The molecule has 26 heavy (non-hydrogen) atoms. The molecule has 140 valence electrons. The highest BCUT2D eigenvalue weighted by atomic mass is 16.6. The quantitative estimate of drug-likeness (QED) is 0.361. The fourth-order valence-corrected chi connectivity index (χ4v) is 3.52. The molecule has 1 aromatic carbocycles. The van der Waals surface area contributed by atoms with Crippen molar-refractivity contribution in [1.82, 2.24) is 0 Å². The maximum Gasteiger partial charge on any atom is 0.316 e. The molecule has 9 heteroatoms. The average Bonchev–Trinajstić information content (AvgIpc) is 2.59. The summed E-state index contributed by atoms with van der Waals surface area (Å²) in [5, 5.41) is 21.8. The van der Waals surface area contributed by atoms with E-state index < -0.39 is 52.4 Å². The number of carbonyl (C=O) groups excluding carboxylic acids is 3. The maximum absolute atomic E-state index is 12.5. The van der Waals surface area contributed by atoms with Crippen molar-refractivity contribution in [2.45, 2.75) is 24.9 Å². The monoisotopic (exact) mass is 365 g/mol. The maximum atomic E-state index is 12.5. The molecule has 0 saturated heterocycles. The Hall–Kier alpha value is -2.81. The van der Waals surface area contributed by atoms with Crippen LogP contribution in [-0.2, 0) is 23.9 Å². The Labute approximate surface area is 149 Å². The molecule has 0 amide bonds. The molecule has 1 aliphatic carbocycles. The lowest BCUT2D eigenvalue weighted by atomic mass is 9.61. The zero-order valence-corrected chi connectivity index (χ0v) is 14.5. The predicted octanol–water partition coefficient (Wildman–Crippen LogP) is 0.981. The number of hydrogen-bond acceptors (Lipinski definition) is 8. The van der Waals surface area contributed by atoms with Crippen molar-refractivity contribution in [1.29, 1.82) is 0 Å². The van der Waals surface area contributed by atoms with Gasteiger partial charge in [0.05, 0.1) is 30.7 Å². The van der Waals surface area contributed by atoms with E-state index in [0.29, 0.717) is 0 Å². The Bertz CT molecular complexity index is 757. The number of nitro benzene ring substituents is 1. The van der Waals surface area contributed by atoms with E-state index in [1.807, 2.05) is 0 Å². The van der Waals surface area contributed by atoms with Crippen LogP contribution in [0.4, 0.5) is 5.69 Å². The van der Waals surface area contributed by atoms with Gasteiger partial charge in [-0.15, -0.1) is 0 Å². The van der Waals surface area contributed by atoms with Crippen LogP contribution in [0.25, 0.3) is 0 Å². The number of hydrogen-bond donors (Lipinski definition) is 1. The van der Waals surface area contributed by atoms with E-state index in [2.05, 4.69) is 0 Å². The van der Waals surface area contributed by atoms with Gasteiger partial charge in [-0.2, -0.15) is 0 Å². The van der Waals surface area contributed by atoms with Gasteiger partial charge in [-0.1, -0.05) is 12.1 Å². The zero-order valence-electron chi connectivity index (χ0n) is 14.5. The summed E-state index contributed by atoms with van der Waals surface area (Å²) in [5.74, 6) is -6.14. The summed E-state index contributed by atoms with van der Waals surface area (Å²) in [7, 11) is 2.21. The van der Waals surface area contributed by atoms with E-state index >= 15 is 0 Å². The molecule has 0 bridgehead atoms. The predicted molar refractivity (Wildman–Crippen MR) is 87.1 cm³/mol. The highest BCUT2D eigenvalue weighted by Crippen LogP contribution is 2.47. The topological polar surface area (TPSA) is 133 Å². The lowest BCUT2D eigenvalue weighted by Gasteiger charge is -2.43. The standard InChI is InChI=1S/C17H19NO8/c1-17(22)8-11(19)13(15(20)25-2)12(14(17)16(21)26-3)9-5-4-6-10(7-9)18(23)24/h4-7,12-14,22H,8H2,1-3H3/t12-,13+,14+,17-/m0/s1. The molecular formula is C17H19NO8. The lowest BCUT2D eigenvalue weighted by molar-refractivity contribution is -0.385. The van der Waals surface area contributed by atoms with Gasteiger partial charge in [-0.05, 0) is 12.5 Å². The molecule has 0 spiro atoms. The fourth-order valence-electron chi connectivity index (χ4n) is 3.52. The van der Waals surface area contributed by atoms with Gasteiger partial charge in [0, 0.05) is 24.5 Å². The summed E-state index contributed by atoms with van der Waals surface area (Å²) in [5.41, 5.74) is -1.87. The second-order valence-corrected chi connectivity index (χ2v) is 6.38. The molecule has 0 aromatic heterocycles. The molecule has 1 saturated carbocycles. The first-order chi connectivity index (χ1) is 12.1. The Morgan fingerprint density at radius 3 is 2.42 bits per heavy atom. The lowest BCUT2D eigenvalue weighted by Crippen LogP contribution is -2.55. The molecule has 0 aliphatic heterocycles. The number of methoxy groups -OCH3 is 2. The summed E-state index contributed by atoms with van der Waals surface area (Å²) in [6.45, 7) is 1.30. The van der Waals surface area contributed by atoms with E-state index in [1.54, 1.807) is 0 Å². The van der Waals surface area contributed by atoms with Crippen LogP contribution >= 0.6 is 0 Å². The first-order valence-electron chi connectivity index (χ1n) is 7.79. The molecule has 1 aromatic rings. The average molecular weight is 365 g/mol. The normalized spacial score (nSPS) is 28.3. The van der Waals surface area contributed by atoms with E-state index in [0.717, 1.165) is 14.2 Å². The SMILES string of the molecule is COC(=O)[C@@H]1C(=O)C[C@](C)(O)[C@@H](C(=O)OC)[C@H]1c1cccc([N+](=O)[O-])c1. The van der Waals surface area contributed by atoms with Gasteiger partial charge in [-0.25, -0.2) is 0 Å². The number of benzene rings is 1. The zero-order chi connectivity index (χ0) is 19.6. The first-order valence-corrected chi connectivity index (χ1v) is 7.79. The number of non-ortho nitro benzene ring substituents is 1. The van der Waals surface area contributed by atoms with Crippen LogP contribution in [0.1, 0.15) is 24.8 Å². The summed E-state index contributed by atoms with van der Waals surface area (Å²) in [6, 6.07) is 5.25. The third kappa shape index (κ3) is 3.43. The van der Waals surface area contributed by atoms with Crippen molar-refractivity contribution in [3.8, 4) is 0 Å². The highest BCUT2D eigenvalue weighted by molar-refractivity contribution is 6.02. The van der Waals surface area contributed by atoms with Crippen molar-refractivity contribution in [3.63, 3.8) is 0 Å². The van der Waals surface area contributed by atoms with E-state index in [1.165, 1.54) is 31.2 Å². The minimum atomic E-state index is -1.79. The van der Waals surface area contributed by atoms with Crippen LogP contribution < -0.4 is 0 Å². The van der Waals surface area contributed by atoms with Crippen molar-refractivity contribution in [3.05, 3.63) is 39.9 Å². The number of Topliss-reactive ketones (excluding diaryl/α,β-unsaturated/α-hetero) is 1. The largest absolute Gasteiger partial charge is 0.469 e. The van der Waals surface area contributed by atoms with Crippen molar-refractivity contribution >= 4 is 23.4 Å². The van der Waals surface area contributed by atoms with Crippen LogP contribution in [-0.4, -0.2) is 47.6 Å². The number of nitro groups is 1. The molecule has 0 unspecified atom stereocenters. The van der Waals surface area contributed by atoms with Crippen molar-refractivity contribution in [2.24, 2.45) is 11.8 Å². The molecule has 1 N–H and O–H groups in total.